The average Bonchev–Trinajstić information content (AvgIpc) is 2.49. The highest BCUT2D eigenvalue weighted by Gasteiger charge is 2.05. The van der Waals surface area contributed by atoms with Crippen molar-refractivity contribution in [3.05, 3.63) is 60.3 Å². The van der Waals surface area contributed by atoms with Crippen molar-refractivity contribution in [3.8, 4) is 17.2 Å². The van der Waals surface area contributed by atoms with Gasteiger partial charge in [-0.05, 0) is 43.3 Å². The summed E-state index contributed by atoms with van der Waals surface area (Å²) in [5, 5.41) is 1.07. The van der Waals surface area contributed by atoms with Crippen molar-refractivity contribution in [1.29, 1.82) is 0 Å². The lowest BCUT2D eigenvalue weighted by Gasteiger charge is -2.09. The van der Waals surface area contributed by atoms with Gasteiger partial charge in [-0.3, -0.25) is 0 Å². The Morgan fingerprint density at radius 3 is 2.35 bits per heavy atom. The van der Waals surface area contributed by atoms with Crippen molar-refractivity contribution in [2.24, 2.45) is 0 Å². The standard InChI is InChI=1S/C17H15NO2/c1-12-6-7-13-4-3-5-16(17(13)18-12)20-15-10-8-14(19-2)9-11-15/h3-11H,1-2H3. The molecule has 0 unspecified atom stereocenters. The van der Waals surface area contributed by atoms with Gasteiger partial charge >= 0.3 is 0 Å². The first-order valence-corrected chi connectivity index (χ1v) is 6.44. The highest BCUT2D eigenvalue weighted by molar-refractivity contribution is 5.84. The van der Waals surface area contributed by atoms with Crippen LogP contribution in [0.1, 0.15) is 5.69 Å². The molecule has 1 heterocycles. The van der Waals surface area contributed by atoms with Crippen LogP contribution in [0.4, 0.5) is 0 Å². The Morgan fingerprint density at radius 2 is 1.60 bits per heavy atom. The largest absolute Gasteiger partial charge is 0.497 e. The molecular weight excluding hydrogens is 250 g/mol. The molecule has 20 heavy (non-hydrogen) atoms. The van der Waals surface area contributed by atoms with E-state index in [1.165, 1.54) is 0 Å². The van der Waals surface area contributed by atoms with E-state index in [0.717, 1.165) is 33.8 Å². The first kappa shape index (κ1) is 12.5. The van der Waals surface area contributed by atoms with E-state index in [1.54, 1.807) is 7.11 Å². The lowest BCUT2D eigenvalue weighted by molar-refractivity contribution is 0.413. The summed E-state index contributed by atoms with van der Waals surface area (Å²) >= 11 is 0. The number of pyridine rings is 1. The Morgan fingerprint density at radius 1 is 0.850 bits per heavy atom. The van der Waals surface area contributed by atoms with Crippen LogP contribution in [0.2, 0.25) is 0 Å². The fourth-order valence-electron chi connectivity index (χ4n) is 2.07. The van der Waals surface area contributed by atoms with E-state index in [9.17, 15) is 0 Å². The zero-order valence-electron chi connectivity index (χ0n) is 11.5. The first-order valence-electron chi connectivity index (χ1n) is 6.44. The number of hydrogen-bond acceptors (Lipinski definition) is 3. The zero-order chi connectivity index (χ0) is 13.9. The number of methoxy groups -OCH3 is 1. The van der Waals surface area contributed by atoms with Crippen molar-refractivity contribution in [2.45, 2.75) is 6.92 Å². The maximum Gasteiger partial charge on any atom is 0.153 e. The second kappa shape index (κ2) is 5.21. The third-order valence-corrected chi connectivity index (χ3v) is 3.11. The SMILES string of the molecule is COc1ccc(Oc2cccc3ccc(C)nc23)cc1. The average molecular weight is 265 g/mol. The van der Waals surface area contributed by atoms with Crippen LogP contribution in [0.25, 0.3) is 10.9 Å². The lowest BCUT2D eigenvalue weighted by atomic mass is 10.2. The molecule has 3 heteroatoms. The van der Waals surface area contributed by atoms with E-state index in [4.69, 9.17) is 9.47 Å². The third-order valence-electron chi connectivity index (χ3n) is 3.11. The number of ether oxygens (including phenoxy) is 2. The fraction of sp³-hybridized carbons (Fsp3) is 0.118. The van der Waals surface area contributed by atoms with Crippen molar-refractivity contribution < 1.29 is 9.47 Å². The molecule has 0 aliphatic carbocycles. The zero-order valence-corrected chi connectivity index (χ0v) is 11.5. The molecular formula is C17H15NO2. The summed E-state index contributed by atoms with van der Waals surface area (Å²) in [5.41, 5.74) is 1.85. The van der Waals surface area contributed by atoms with E-state index in [1.807, 2.05) is 55.5 Å². The van der Waals surface area contributed by atoms with E-state index in [2.05, 4.69) is 11.1 Å². The molecule has 0 aliphatic rings. The van der Waals surface area contributed by atoms with Gasteiger partial charge in [0.15, 0.2) is 5.75 Å². The summed E-state index contributed by atoms with van der Waals surface area (Å²) in [6, 6.07) is 17.5. The molecule has 0 atom stereocenters. The lowest BCUT2D eigenvalue weighted by Crippen LogP contribution is -1.90. The van der Waals surface area contributed by atoms with Crippen LogP contribution in [-0.4, -0.2) is 12.1 Å². The molecule has 0 saturated heterocycles. The summed E-state index contributed by atoms with van der Waals surface area (Å²) in [6.45, 7) is 1.98. The van der Waals surface area contributed by atoms with Crippen molar-refractivity contribution in [2.75, 3.05) is 7.11 Å². The van der Waals surface area contributed by atoms with Crippen LogP contribution < -0.4 is 9.47 Å². The number of rotatable bonds is 3. The third kappa shape index (κ3) is 2.43. The monoisotopic (exact) mass is 265 g/mol. The minimum absolute atomic E-state index is 0.761. The topological polar surface area (TPSA) is 31.4 Å². The van der Waals surface area contributed by atoms with Crippen LogP contribution in [0.5, 0.6) is 17.2 Å². The summed E-state index contributed by atoms with van der Waals surface area (Å²) in [4.78, 5) is 4.56. The highest BCUT2D eigenvalue weighted by Crippen LogP contribution is 2.29. The minimum Gasteiger partial charge on any atom is -0.497 e. The second-order valence-corrected chi connectivity index (χ2v) is 4.56. The molecule has 3 aromatic rings. The smallest absolute Gasteiger partial charge is 0.153 e. The van der Waals surface area contributed by atoms with Gasteiger partial charge < -0.3 is 9.47 Å². The Hall–Kier alpha value is -2.55. The van der Waals surface area contributed by atoms with E-state index in [-0.39, 0.29) is 0 Å². The van der Waals surface area contributed by atoms with Crippen LogP contribution in [0, 0.1) is 6.92 Å². The van der Waals surface area contributed by atoms with Gasteiger partial charge in [-0.25, -0.2) is 4.98 Å². The van der Waals surface area contributed by atoms with Gasteiger partial charge in [0, 0.05) is 11.1 Å². The van der Waals surface area contributed by atoms with Gasteiger partial charge in [0.05, 0.1) is 7.11 Å². The van der Waals surface area contributed by atoms with Gasteiger partial charge in [-0.1, -0.05) is 18.2 Å². The molecule has 100 valence electrons. The van der Waals surface area contributed by atoms with Crippen LogP contribution in [-0.2, 0) is 0 Å². The summed E-state index contributed by atoms with van der Waals surface area (Å²) in [5.74, 6) is 2.34. The molecule has 0 saturated carbocycles. The highest BCUT2D eigenvalue weighted by atomic mass is 16.5. The molecule has 1 aromatic heterocycles. The van der Waals surface area contributed by atoms with Crippen molar-refractivity contribution in [3.63, 3.8) is 0 Å². The van der Waals surface area contributed by atoms with E-state index >= 15 is 0 Å². The molecule has 0 radical (unpaired) electrons. The number of benzene rings is 2. The molecule has 0 spiro atoms. The fourth-order valence-corrected chi connectivity index (χ4v) is 2.07. The molecule has 2 aromatic carbocycles. The predicted molar refractivity (Wildman–Crippen MR) is 79.5 cm³/mol. The number of para-hydroxylation sites is 1. The predicted octanol–water partition coefficient (Wildman–Crippen LogP) is 4.34. The van der Waals surface area contributed by atoms with Crippen LogP contribution >= 0.6 is 0 Å². The minimum atomic E-state index is 0.761. The van der Waals surface area contributed by atoms with Gasteiger partial charge in [0.25, 0.3) is 0 Å². The quantitative estimate of drug-likeness (QED) is 0.705. The number of nitrogens with zero attached hydrogens (tertiary/aromatic N) is 1. The van der Waals surface area contributed by atoms with Gasteiger partial charge in [-0.2, -0.15) is 0 Å². The summed E-state index contributed by atoms with van der Waals surface area (Å²) in [7, 11) is 1.65. The number of hydrogen-bond donors (Lipinski definition) is 0. The second-order valence-electron chi connectivity index (χ2n) is 4.56. The Labute approximate surface area is 117 Å². The normalized spacial score (nSPS) is 10.5. The van der Waals surface area contributed by atoms with Crippen LogP contribution in [0.15, 0.2) is 54.6 Å². The molecule has 0 N–H and O–H groups in total. The molecule has 0 fully saturated rings. The van der Waals surface area contributed by atoms with Gasteiger partial charge in [0.1, 0.15) is 17.0 Å². The van der Waals surface area contributed by atoms with Gasteiger partial charge in [-0.15, -0.1) is 0 Å². The summed E-state index contributed by atoms with van der Waals surface area (Å²) in [6.07, 6.45) is 0. The Balaban J connectivity index is 1.99. The Bertz CT molecular complexity index is 736. The van der Waals surface area contributed by atoms with E-state index < -0.39 is 0 Å². The molecule has 0 aliphatic heterocycles. The number of aryl methyl sites for hydroxylation is 1. The number of fused-ring (bicyclic) bond motifs is 1. The van der Waals surface area contributed by atoms with E-state index in [0.29, 0.717) is 0 Å². The van der Waals surface area contributed by atoms with Crippen molar-refractivity contribution in [1.82, 2.24) is 4.98 Å². The molecule has 3 nitrogen and oxygen atoms in total. The van der Waals surface area contributed by atoms with Gasteiger partial charge in [0.2, 0.25) is 0 Å². The Kier molecular flexibility index (Phi) is 3.25. The maximum atomic E-state index is 5.93. The molecule has 0 bridgehead atoms. The summed E-state index contributed by atoms with van der Waals surface area (Å²) < 4.78 is 11.1. The first-order chi connectivity index (χ1) is 9.76. The molecule has 3 rings (SSSR count). The number of aromatic nitrogens is 1. The maximum absolute atomic E-state index is 5.93. The molecule has 0 amide bonds. The van der Waals surface area contributed by atoms with Crippen LogP contribution in [0.3, 0.4) is 0 Å². The van der Waals surface area contributed by atoms with Crippen molar-refractivity contribution >= 4 is 10.9 Å².